The zero-order valence-electron chi connectivity index (χ0n) is 9.36. The van der Waals surface area contributed by atoms with Crippen molar-refractivity contribution in [1.29, 1.82) is 5.26 Å². The number of nitrogen functional groups attached to an aromatic ring is 1. The van der Waals surface area contributed by atoms with Gasteiger partial charge >= 0.3 is 5.97 Å². The molecule has 86 valence electrons. The normalized spacial score (nSPS) is 9.81. The van der Waals surface area contributed by atoms with Gasteiger partial charge in [0.25, 0.3) is 0 Å². The van der Waals surface area contributed by atoms with Crippen molar-refractivity contribution in [3.05, 3.63) is 11.3 Å². The number of rotatable bonds is 4. The molecule has 0 spiro atoms. The third kappa shape index (κ3) is 2.31. The molecular weight excluding hydrogens is 208 g/mol. The number of carbonyl (C=O) groups excluding carboxylic acids is 1. The van der Waals surface area contributed by atoms with Gasteiger partial charge in [0.2, 0.25) is 0 Å². The number of nitriles is 1. The van der Waals surface area contributed by atoms with Crippen LogP contribution in [0.5, 0.6) is 0 Å². The number of hydrogen-bond donors (Lipinski definition) is 1. The molecule has 6 heteroatoms. The summed E-state index contributed by atoms with van der Waals surface area (Å²) in [5.41, 5.74) is 6.65. The standard InChI is InChI=1S/C10H14N4O2/c1-3-8-7(5-11)10(12)14(13-8)6-9(15)16-4-2/h3-4,6,12H2,1-2H3. The Kier molecular flexibility index (Phi) is 3.89. The second-order valence-corrected chi connectivity index (χ2v) is 3.13. The van der Waals surface area contributed by atoms with Crippen LogP contribution in [0, 0.1) is 11.3 Å². The smallest absolute Gasteiger partial charge is 0.327 e. The second kappa shape index (κ2) is 5.16. The van der Waals surface area contributed by atoms with Crippen LogP contribution in [0.1, 0.15) is 25.1 Å². The molecule has 0 amide bonds. The first-order chi connectivity index (χ1) is 7.63. The van der Waals surface area contributed by atoms with Crippen molar-refractivity contribution in [2.45, 2.75) is 26.8 Å². The number of aryl methyl sites for hydroxylation is 1. The summed E-state index contributed by atoms with van der Waals surface area (Å²) in [5.74, 6) is -0.198. The van der Waals surface area contributed by atoms with Crippen molar-refractivity contribution in [1.82, 2.24) is 9.78 Å². The molecule has 0 aliphatic heterocycles. The molecule has 0 unspecified atom stereocenters. The summed E-state index contributed by atoms with van der Waals surface area (Å²) in [5, 5.41) is 13.0. The summed E-state index contributed by atoms with van der Waals surface area (Å²) in [6.07, 6.45) is 0.600. The molecule has 16 heavy (non-hydrogen) atoms. The lowest BCUT2D eigenvalue weighted by atomic mass is 10.2. The van der Waals surface area contributed by atoms with E-state index >= 15 is 0 Å². The van der Waals surface area contributed by atoms with E-state index in [1.54, 1.807) is 6.92 Å². The number of carbonyl (C=O) groups is 1. The van der Waals surface area contributed by atoms with Gasteiger partial charge in [-0.2, -0.15) is 10.4 Å². The number of nitrogens with zero attached hydrogens (tertiary/aromatic N) is 3. The molecule has 0 radical (unpaired) electrons. The summed E-state index contributed by atoms with van der Waals surface area (Å²) in [4.78, 5) is 11.2. The molecule has 0 bridgehead atoms. The van der Waals surface area contributed by atoms with Crippen LogP contribution in [0.4, 0.5) is 5.82 Å². The predicted octanol–water partition coefficient (Wildman–Crippen LogP) is 0.462. The second-order valence-electron chi connectivity index (χ2n) is 3.13. The van der Waals surface area contributed by atoms with E-state index in [1.165, 1.54) is 4.68 Å². The summed E-state index contributed by atoms with van der Waals surface area (Å²) < 4.78 is 6.08. The van der Waals surface area contributed by atoms with Gasteiger partial charge in [-0.15, -0.1) is 0 Å². The Morgan fingerprint density at radius 1 is 1.62 bits per heavy atom. The summed E-state index contributed by atoms with van der Waals surface area (Å²) in [7, 11) is 0. The number of ether oxygens (including phenoxy) is 1. The van der Waals surface area contributed by atoms with Crippen LogP contribution < -0.4 is 5.73 Å². The number of aromatic nitrogens is 2. The Morgan fingerprint density at radius 3 is 2.75 bits per heavy atom. The van der Waals surface area contributed by atoms with E-state index in [-0.39, 0.29) is 12.4 Å². The van der Waals surface area contributed by atoms with Crippen LogP contribution in [-0.2, 0) is 22.5 Å². The summed E-state index contributed by atoms with van der Waals surface area (Å²) >= 11 is 0. The molecule has 1 aromatic heterocycles. The molecular formula is C10H14N4O2. The van der Waals surface area contributed by atoms with Gasteiger partial charge in [0, 0.05) is 0 Å². The van der Waals surface area contributed by atoms with Gasteiger partial charge in [-0.05, 0) is 13.3 Å². The zero-order valence-corrected chi connectivity index (χ0v) is 9.36. The van der Waals surface area contributed by atoms with Crippen molar-refractivity contribution in [3.63, 3.8) is 0 Å². The quantitative estimate of drug-likeness (QED) is 0.747. The maximum absolute atomic E-state index is 11.2. The fraction of sp³-hybridized carbons (Fsp3) is 0.500. The maximum atomic E-state index is 11.2. The van der Waals surface area contributed by atoms with Gasteiger partial charge in [-0.1, -0.05) is 6.92 Å². The average molecular weight is 222 g/mol. The zero-order chi connectivity index (χ0) is 12.1. The van der Waals surface area contributed by atoms with E-state index in [4.69, 9.17) is 15.7 Å². The molecule has 1 rings (SSSR count). The molecule has 0 aromatic carbocycles. The van der Waals surface area contributed by atoms with Crippen molar-refractivity contribution in [2.24, 2.45) is 0 Å². The lowest BCUT2D eigenvalue weighted by Crippen LogP contribution is -2.16. The fourth-order valence-corrected chi connectivity index (χ4v) is 1.35. The molecule has 2 N–H and O–H groups in total. The molecule has 0 saturated carbocycles. The third-order valence-corrected chi connectivity index (χ3v) is 2.10. The van der Waals surface area contributed by atoms with Crippen molar-refractivity contribution in [3.8, 4) is 6.07 Å². The molecule has 0 aliphatic rings. The van der Waals surface area contributed by atoms with E-state index in [0.29, 0.717) is 24.3 Å². The minimum Gasteiger partial charge on any atom is -0.465 e. The fourth-order valence-electron chi connectivity index (χ4n) is 1.35. The van der Waals surface area contributed by atoms with Gasteiger partial charge in [0.05, 0.1) is 12.3 Å². The Balaban J connectivity index is 2.94. The molecule has 0 fully saturated rings. The first-order valence-electron chi connectivity index (χ1n) is 5.04. The number of nitrogens with two attached hydrogens (primary N) is 1. The molecule has 6 nitrogen and oxygen atoms in total. The number of anilines is 1. The highest BCUT2D eigenvalue weighted by Crippen LogP contribution is 2.16. The molecule has 0 atom stereocenters. The summed E-state index contributed by atoms with van der Waals surface area (Å²) in [6, 6.07) is 1.98. The number of hydrogen-bond acceptors (Lipinski definition) is 5. The SMILES string of the molecule is CCOC(=O)Cn1nc(CC)c(C#N)c1N. The Labute approximate surface area is 93.6 Å². The topological polar surface area (TPSA) is 93.9 Å². The van der Waals surface area contributed by atoms with Gasteiger partial charge in [-0.25, -0.2) is 4.68 Å². The van der Waals surface area contributed by atoms with Crippen LogP contribution in [0.15, 0.2) is 0 Å². The highest BCUT2D eigenvalue weighted by Gasteiger charge is 2.16. The van der Waals surface area contributed by atoms with Gasteiger partial charge < -0.3 is 10.5 Å². The maximum Gasteiger partial charge on any atom is 0.327 e. The van der Waals surface area contributed by atoms with Gasteiger partial charge in [0.15, 0.2) is 0 Å². The average Bonchev–Trinajstić information content (AvgIpc) is 2.55. The summed E-state index contributed by atoms with van der Waals surface area (Å²) in [6.45, 7) is 3.85. The van der Waals surface area contributed by atoms with E-state index in [0.717, 1.165) is 0 Å². The van der Waals surface area contributed by atoms with Crippen molar-refractivity contribution in [2.75, 3.05) is 12.3 Å². The molecule has 0 aliphatic carbocycles. The first-order valence-corrected chi connectivity index (χ1v) is 5.04. The third-order valence-electron chi connectivity index (χ3n) is 2.10. The lowest BCUT2D eigenvalue weighted by Gasteiger charge is -2.03. The molecule has 1 heterocycles. The van der Waals surface area contributed by atoms with Gasteiger partial charge in [0.1, 0.15) is 24.0 Å². The van der Waals surface area contributed by atoms with Crippen molar-refractivity contribution >= 4 is 11.8 Å². The van der Waals surface area contributed by atoms with Crippen molar-refractivity contribution < 1.29 is 9.53 Å². The first kappa shape index (κ1) is 12.0. The van der Waals surface area contributed by atoms with Crippen LogP contribution in [0.3, 0.4) is 0 Å². The largest absolute Gasteiger partial charge is 0.465 e. The monoisotopic (exact) mass is 222 g/mol. The molecule has 0 saturated heterocycles. The highest BCUT2D eigenvalue weighted by molar-refractivity contribution is 5.70. The Morgan fingerprint density at radius 2 is 2.31 bits per heavy atom. The van der Waals surface area contributed by atoms with Crippen LogP contribution in [0.25, 0.3) is 0 Å². The van der Waals surface area contributed by atoms with E-state index in [9.17, 15) is 4.79 Å². The minimum absolute atomic E-state index is 0.0612. The van der Waals surface area contributed by atoms with Crippen LogP contribution >= 0.6 is 0 Å². The lowest BCUT2D eigenvalue weighted by molar-refractivity contribution is -0.144. The van der Waals surface area contributed by atoms with Crippen LogP contribution in [-0.4, -0.2) is 22.4 Å². The molecule has 1 aromatic rings. The minimum atomic E-state index is -0.413. The Bertz CT molecular complexity index is 431. The Hall–Kier alpha value is -2.03. The number of esters is 1. The highest BCUT2D eigenvalue weighted by atomic mass is 16.5. The van der Waals surface area contributed by atoms with Crippen LogP contribution in [0.2, 0.25) is 0 Å². The van der Waals surface area contributed by atoms with E-state index < -0.39 is 5.97 Å². The van der Waals surface area contributed by atoms with E-state index in [1.807, 2.05) is 13.0 Å². The van der Waals surface area contributed by atoms with Gasteiger partial charge in [-0.3, -0.25) is 4.79 Å². The van der Waals surface area contributed by atoms with E-state index in [2.05, 4.69) is 5.10 Å². The predicted molar refractivity (Wildman–Crippen MR) is 57.4 cm³/mol.